The average Bonchev–Trinajstić information content (AvgIpc) is 3.16. The van der Waals surface area contributed by atoms with Crippen LogP contribution >= 0.6 is 24.0 Å². The highest BCUT2D eigenvalue weighted by molar-refractivity contribution is 14.0. The summed E-state index contributed by atoms with van der Waals surface area (Å²) in [6.45, 7) is 12.8. The van der Waals surface area contributed by atoms with Gasteiger partial charge in [-0.25, -0.2) is 4.99 Å². The van der Waals surface area contributed by atoms with Gasteiger partial charge < -0.3 is 15.7 Å². The monoisotopic (exact) mass is 528 g/mol. The van der Waals surface area contributed by atoms with Crippen LogP contribution in [0, 0.1) is 0 Å². The lowest BCUT2D eigenvalue weighted by Gasteiger charge is -2.24. The minimum Gasteiger partial charge on any atom is -0.383 e. The molecule has 1 heterocycles. The zero-order chi connectivity index (χ0) is 21.3. The molecule has 168 valence electrons. The van der Waals surface area contributed by atoms with Crippen LogP contribution in [0.1, 0.15) is 44.4 Å². The van der Waals surface area contributed by atoms with Crippen LogP contribution < -0.4 is 10.6 Å². The fourth-order valence-electron chi connectivity index (χ4n) is 3.12. The third-order valence-corrected chi connectivity index (χ3v) is 5.09. The molecule has 2 rings (SSSR count). The van der Waals surface area contributed by atoms with E-state index >= 15 is 0 Å². The van der Waals surface area contributed by atoms with Crippen LogP contribution in [-0.2, 0) is 25.7 Å². The second kappa shape index (κ2) is 12.9. The number of aryl methyl sites for hydroxylation is 1. The standard InChI is InChI=1S/C22H36N6O.HI/c1-6-23-21(25-17-22(4,29)20-14-26-27(5)16-20)24-13-18-11-9-10-12-19(18)15-28(7-2)8-3;/h9-12,14,16,29H,6-8,13,15,17H2,1-5H3,(H2,23,24,25);1H. The first-order valence-electron chi connectivity index (χ1n) is 10.4. The van der Waals surface area contributed by atoms with Gasteiger partial charge in [-0.05, 0) is 38.1 Å². The fourth-order valence-corrected chi connectivity index (χ4v) is 3.12. The molecule has 0 aliphatic heterocycles. The summed E-state index contributed by atoms with van der Waals surface area (Å²) in [6, 6.07) is 8.46. The van der Waals surface area contributed by atoms with E-state index in [9.17, 15) is 5.11 Å². The molecule has 0 aliphatic rings. The van der Waals surface area contributed by atoms with Crippen molar-refractivity contribution in [2.75, 3.05) is 26.2 Å². The second-order valence-electron chi connectivity index (χ2n) is 7.46. The van der Waals surface area contributed by atoms with E-state index < -0.39 is 5.60 Å². The number of hydrogen-bond donors (Lipinski definition) is 3. The van der Waals surface area contributed by atoms with Crippen molar-refractivity contribution in [3.63, 3.8) is 0 Å². The summed E-state index contributed by atoms with van der Waals surface area (Å²) < 4.78 is 1.69. The van der Waals surface area contributed by atoms with Gasteiger partial charge >= 0.3 is 0 Å². The summed E-state index contributed by atoms with van der Waals surface area (Å²) in [7, 11) is 1.84. The van der Waals surface area contributed by atoms with Crippen molar-refractivity contribution in [3.8, 4) is 0 Å². The lowest BCUT2D eigenvalue weighted by Crippen LogP contribution is -2.44. The number of nitrogens with one attached hydrogen (secondary N) is 2. The van der Waals surface area contributed by atoms with Crippen molar-refractivity contribution >= 4 is 29.9 Å². The zero-order valence-corrected chi connectivity index (χ0v) is 21.2. The first kappa shape index (κ1) is 26.4. The molecule has 0 amide bonds. The molecule has 1 aromatic heterocycles. The van der Waals surface area contributed by atoms with Crippen molar-refractivity contribution in [3.05, 3.63) is 53.3 Å². The van der Waals surface area contributed by atoms with E-state index in [1.165, 1.54) is 11.1 Å². The largest absolute Gasteiger partial charge is 0.383 e. The molecule has 1 atom stereocenters. The van der Waals surface area contributed by atoms with Crippen LogP contribution in [0.25, 0.3) is 0 Å². The molecule has 1 unspecified atom stereocenters. The molecule has 7 nitrogen and oxygen atoms in total. The number of guanidine groups is 1. The Hall–Kier alpha value is -1.65. The van der Waals surface area contributed by atoms with Gasteiger partial charge in [0.25, 0.3) is 0 Å². The Labute approximate surface area is 198 Å². The van der Waals surface area contributed by atoms with E-state index in [2.05, 4.69) is 58.7 Å². The molecule has 30 heavy (non-hydrogen) atoms. The highest BCUT2D eigenvalue weighted by Crippen LogP contribution is 2.18. The van der Waals surface area contributed by atoms with Crippen LogP contribution in [0.15, 0.2) is 41.7 Å². The van der Waals surface area contributed by atoms with Crippen molar-refractivity contribution in [2.24, 2.45) is 12.0 Å². The summed E-state index contributed by atoms with van der Waals surface area (Å²) in [4.78, 5) is 7.15. The number of benzene rings is 1. The van der Waals surface area contributed by atoms with E-state index in [0.29, 0.717) is 19.0 Å². The molecular formula is C22H37IN6O. The summed E-state index contributed by atoms with van der Waals surface area (Å²) in [5, 5.41) is 21.5. The van der Waals surface area contributed by atoms with E-state index in [-0.39, 0.29) is 24.0 Å². The Kier molecular flexibility index (Phi) is 11.4. The molecule has 0 bridgehead atoms. The number of halogens is 1. The molecule has 0 spiro atoms. The lowest BCUT2D eigenvalue weighted by atomic mass is 10.00. The van der Waals surface area contributed by atoms with Crippen molar-refractivity contribution < 1.29 is 5.11 Å². The minimum absolute atomic E-state index is 0. The predicted octanol–water partition coefficient (Wildman–Crippen LogP) is 2.84. The normalized spacial score (nSPS) is 13.6. The lowest BCUT2D eigenvalue weighted by molar-refractivity contribution is 0.0616. The molecule has 0 radical (unpaired) electrons. The van der Waals surface area contributed by atoms with Gasteiger partial charge in [-0.3, -0.25) is 9.58 Å². The highest BCUT2D eigenvalue weighted by atomic mass is 127. The van der Waals surface area contributed by atoms with Gasteiger partial charge in [0.1, 0.15) is 5.60 Å². The van der Waals surface area contributed by atoms with Gasteiger partial charge in [0.05, 0.1) is 19.3 Å². The molecule has 2 aromatic rings. The molecule has 0 aliphatic carbocycles. The Morgan fingerprint density at radius 1 is 1.17 bits per heavy atom. The van der Waals surface area contributed by atoms with Crippen LogP contribution in [0.3, 0.4) is 0 Å². The maximum atomic E-state index is 10.8. The van der Waals surface area contributed by atoms with E-state index in [0.717, 1.165) is 31.7 Å². The van der Waals surface area contributed by atoms with Gasteiger partial charge in [0.15, 0.2) is 5.96 Å². The molecule has 0 saturated heterocycles. The number of hydrogen-bond acceptors (Lipinski definition) is 4. The number of aliphatic hydroxyl groups is 1. The predicted molar refractivity (Wildman–Crippen MR) is 134 cm³/mol. The van der Waals surface area contributed by atoms with Crippen LogP contribution in [0.5, 0.6) is 0 Å². The topological polar surface area (TPSA) is 77.7 Å². The quantitative estimate of drug-likeness (QED) is 0.251. The molecule has 0 fully saturated rings. The van der Waals surface area contributed by atoms with Gasteiger partial charge in [-0.15, -0.1) is 24.0 Å². The van der Waals surface area contributed by atoms with Gasteiger partial charge in [-0.2, -0.15) is 5.10 Å². The number of aliphatic imine (C=N–C) groups is 1. The molecular weight excluding hydrogens is 491 g/mol. The number of nitrogens with zero attached hydrogens (tertiary/aromatic N) is 4. The average molecular weight is 528 g/mol. The van der Waals surface area contributed by atoms with Crippen molar-refractivity contribution in [1.29, 1.82) is 0 Å². The van der Waals surface area contributed by atoms with Gasteiger partial charge in [0, 0.05) is 31.9 Å². The number of rotatable bonds is 10. The van der Waals surface area contributed by atoms with Gasteiger partial charge in [-0.1, -0.05) is 38.1 Å². The first-order valence-corrected chi connectivity index (χ1v) is 10.4. The SMILES string of the molecule is CCNC(=NCc1ccccc1CN(CC)CC)NCC(C)(O)c1cnn(C)c1.I. The van der Waals surface area contributed by atoms with Crippen LogP contribution in [-0.4, -0.2) is 51.9 Å². The Balaban J connectivity index is 0.00000450. The zero-order valence-electron chi connectivity index (χ0n) is 18.9. The molecule has 1 aromatic carbocycles. The van der Waals surface area contributed by atoms with E-state index in [4.69, 9.17) is 4.99 Å². The van der Waals surface area contributed by atoms with Crippen LogP contribution in [0.2, 0.25) is 0 Å². The summed E-state index contributed by atoms with van der Waals surface area (Å²) in [5.41, 5.74) is 2.26. The minimum atomic E-state index is -1.04. The third kappa shape index (κ3) is 7.88. The van der Waals surface area contributed by atoms with Crippen LogP contribution in [0.4, 0.5) is 0 Å². The Bertz CT molecular complexity index is 785. The van der Waals surface area contributed by atoms with E-state index in [1.807, 2.05) is 20.2 Å². The molecule has 0 saturated carbocycles. The highest BCUT2D eigenvalue weighted by Gasteiger charge is 2.25. The van der Waals surface area contributed by atoms with Crippen molar-refractivity contribution in [1.82, 2.24) is 25.3 Å². The van der Waals surface area contributed by atoms with Crippen molar-refractivity contribution in [2.45, 2.75) is 46.4 Å². The fraction of sp³-hybridized carbons (Fsp3) is 0.545. The summed E-state index contributed by atoms with van der Waals surface area (Å²) in [6.07, 6.45) is 3.52. The third-order valence-electron chi connectivity index (χ3n) is 5.09. The van der Waals surface area contributed by atoms with Gasteiger partial charge in [0.2, 0.25) is 0 Å². The number of aromatic nitrogens is 2. The second-order valence-corrected chi connectivity index (χ2v) is 7.46. The Morgan fingerprint density at radius 2 is 1.83 bits per heavy atom. The smallest absolute Gasteiger partial charge is 0.191 e. The first-order chi connectivity index (χ1) is 13.9. The maximum Gasteiger partial charge on any atom is 0.191 e. The van der Waals surface area contributed by atoms with E-state index in [1.54, 1.807) is 17.8 Å². The molecule has 8 heteroatoms. The Morgan fingerprint density at radius 3 is 2.40 bits per heavy atom. The maximum absolute atomic E-state index is 10.8. The summed E-state index contributed by atoms with van der Waals surface area (Å²) >= 11 is 0. The molecule has 3 N–H and O–H groups in total. The summed E-state index contributed by atoms with van der Waals surface area (Å²) in [5.74, 6) is 0.689.